The number of nitrogens with two attached hydrogens (primary N) is 1. The minimum Gasteiger partial charge on any atom is -0.468 e. The number of alkyl halides is 3. The number of rotatable bonds is 5. The fraction of sp³-hybridized carbons (Fsp3) is 0.571. The van der Waals surface area contributed by atoms with Crippen LogP contribution in [-0.2, 0) is 16.1 Å². The number of hydrogen-bond donors (Lipinski definition) is 2. The molecule has 1 aliphatic heterocycles. The minimum atomic E-state index is -4.46. The largest absolute Gasteiger partial charge is 0.468 e. The van der Waals surface area contributed by atoms with Crippen molar-refractivity contribution in [2.24, 2.45) is 5.73 Å². The zero-order valence-electron chi connectivity index (χ0n) is 12.4. The Morgan fingerprint density at radius 1 is 1.43 bits per heavy atom. The third-order valence-electron chi connectivity index (χ3n) is 3.50. The molecule has 2 heterocycles. The zero-order valence-corrected chi connectivity index (χ0v) is 12.4. The Bertz CT molecular complexity index is 546. The van der Waals surface area contributed by atoms with E-state index in [2.05, 4.69) is 15.0 Å². The molecule has 0 aromatic carbocycles. The molecule has 1 amide bonds. The molecule has 0 bridgehead atoms. The number of halogens is 3. The van der Waals surface area contributed by atoms with E-state index < -0.39 is 18.3 Å². The molecule has 0 aliphatic carbocycles. The van der Waals surface area contributed by atoms with Crippen LogP contribution in [0, 0.1) is 0 Å². The summed E-state index contributed by atoms with van der Waals surface area (Å²) in [5, 5.41) is 2.63. The Hall–Kier alpha value is -1.87. The smallest absolute Gasteiger partial charge is 0.422 e. The number of amides is 1. The van der Waals surface area contributed by atoms with Crippen LogP contribution in [0.4, 0.5) is 13.2 Å². The van der Waals surface area contributed by atoms with Crippen molar-refractivity contribution in [3.05, 3.63) is 23.9 Å². The molecule has 3 N–H and O–H groups in total. The van der Waals surface area contributed by atoms with Crippen molar-refractivity contribution in [1.29, 1.82) is 0 Å². The summed E-state index contributed by atoms with van der Waals surface area (Å²) in [4.78, 5) is 16.0. The Kier molecular flexibility index (Phi) is 5.42. The van der Waals surface area contributed by atoms with Crippen molar-refractivity contribution in [3.63, 3.8) is 0 Å². The third-order valence-corrected chi connectivity index (χ3v) is 3.50. The average Bonchev–Trinajstić information content (AvgIpc) is 2.51. The molecule has 1 aromatic rings. The maximum atomic E-state index is 12.2. The van der Waals surface area contributed by atoms with Gasteiger partial charge in [0.1, 0.15) is 0 Å². The average molecular weight is 333 g/mol. The normalized spacial score (nSPS) is 17.6. The van der Waals surface area contributed by atoms with Crippen molar-refractivity contribution in [2.45, 2.75) is 31.1 Å². The lowest BCUT2D eigenvalue weighted by molar-refractivity contribution is -0.154. The summed E-state index contributed by atoms with van der Waals surface area (Å²) >= 11 is 0. The van der Waals surface area contributed by atoms with Gasteiger partial charge in [0.2, 0.25) is 11.8 Å². The van der Waals surface area contributed by atoms with E-state index >= 15 is 0 Å². The molecule has 23 heavy (non-hydrogen) atoms. The second-order valence-electron chi connectivity index (χ2n) is 5.32. The van der Waals surface area contributed by atoms with Crippen LogP contribution in [0.5, 0.6) is 5.88 Å². The van der Waals surface area contributed by atoms with Crippen LogP contribution >= 0.6 is 0 Å². The van der Waals surface area contributed by atoms with Gasteiger partial charge in [-0.2, -0.15) is 13.2 Å². The Morgan fingerprint density at radius 2 is 2.13 bits per heavy atom. The standard InChI is InChI=1S/C14H18F3N3O3/c15-14(16,17)9-23-11-10(2-1-5-19-11)8-20-12(21)13(18)3-6-22-7-4-13/h1-2,5H,3-4,6-9,18H2,(H,20,21). The molecule has 1 aromatic heterocycles. The zero-order chi connectivity index (χ0) is 16.9. The SMILES string of the molecule is NC1(C(=O)NCc2cccnc2OCC(F)(F)F)CCOCC1. The van der Waals surface area contributed by atoms with Gasteiger partial charge in [0, 0.05) is 31.5 Å². The van der Waals surface area contributed by atoms with Crippen molar-refractivity contribution >= 4 is 5.91 Å². The number of carbonyl (C=O) groups excluding carboxylic acids is 1. The summed E-state index contributed by atoms with van der Waals surface area (Å²) in [5.74, 6) is -0.533. The Morgan fingerprint density at radius 3 is 2.78 bits per heavy atom. The van der Waals surface area contributed by atoms with E-state index in [9.17, 15) is 18.0 Å². The quantitative estimate of drug-likeness (QED) is 0.844. The first-order valence-electron chi connectivity index (χ1n) is 7.08. The molecule has 2 rings (SSSR count). The van der Waals surface area contributed by atoms with Gasteiger partial charge in [-0.15, -0.1) is 0 Å². The van der Waals surface area contributed by atoms with Gasteiger partial charge in [-0.3, -0.25) is 4.79 Å². The topological polar surface area (TPSA) is 86.5 Å². The lowest BCUT2D eigenvalue weighted by Gasteiger charge is -2.31. The first-order valence-corrected chi connectivity index (χ1v) is 7.08. The van der Waals surface area contributed by atoms with Crippen LogP contribution in [-0.4, -0.2) is 42.4 Å². The summed E-state index contributed by atoms with van der Waals surface area (Å²) in [5.41, 5.74) is 5.36. The van der Waals surface area contributed by atoms with E-state index in [1.807, 2.05) is 0 Å². The van der Waals surface area contributed by atoms with E-state index in [0.717, 1.165) is 0 Å². The van der Waals surface area contributed by atoms with Crippen LogP contribution in [0.3, 0.4) is 0 Å². The summed E-state index contributed by atoms with van der Waals surface area (Å²) in [6.45, 7) is -0.656. The Balaban J connectivity index is 1.96. The molecule has 0 spiro atoms. The molecule has 0 saturated carbocycles. The number of aromatic nitrogens is 1. The van der Waals surface area contributed by atoms with Crippen molar-refractivity contribution < 1.29 is 27.4 Å². The fourth-order valence-corrected chi connectivity index (χ4v) is 2.15. The van der Waals surface area contributed by atoms with Gasteiger partial charge < -0.3 is 20.5 Å². The van der Waals surface area contributed by atoms with Crippen LogP contribution in [0.25, 0.3) is 0 Å². The van der Waals surface area contributed by atoms with Crippen LogP contribution in [0.2, 0.25) is 0 Å². The lowest BCUT2D eigenvalue weighted by atomic mass is 9.90. The number of carbonyl (C=O) groups is 1. The van der Waals surface area contributed by atoms with Crippen LogP contribution < -0.4 is 15.8 Å². The summed E-state index contributed by atoms with van der Waals surface area (Å²) in [6, 6.07) is 3.08. The molecule has 1 saturated heterocycles. The summed E-state index contributed by atoms with van der Waals surface area (Å²) in [6.07, 6.45) is -2.35. The lowest BCUT2D eigenvalue weighted by Crippen LogP contribution is -2.56. The molecule has 6 nitrogen and oxygen atoms in total. The summed E-state index contributed by atoms with van der Waals surface area (Å²) < 4.78 is 46.5. The van der Waals surface area contributed by atoms with Crippen LogP contribution in [0.1, 0.15) is 18.4 Å². The molecular formula is C14H18F3N3O3. The Labute approximate surface area is 131 Å². The maximum Gasteiger partial charge on any atom is 0.422 e. The van der Waals surface area contributed by atoms with E-state index in [-0.39, 0.29) is 18.3 Å². The highest BCUT2D eigenvalue weighted by Crippen LogP contribution is 2.21. The van der Waals surface area contributed by atoms with Gasteiger partial charge in [0.05, 0.1) is 5.54 Å². The van der Waals surface area contributed by atoms with E-state index in [0.29, 0.717) is 31.6 Å². The molecule has 1 fully saturated rings. The van der Waals surface area contributed by atoms with Gasteiger partial charge in [-0.25, -0.2) is 4.98 Å². The van der Waals surface area contributed by atoms with Gasteiger partial charge in [-0.05, 0) is 18.9 Å². The molecule has 1 aliphatic rings. The number of ether oxygens (including phenoxy) is 2. The summed E-state index contributed by atoms with van der Waals surface area (Å²) in [7, 11) is 0. The van der Waals surface area contributed by atoms with Crippen molar-refractivity contribution in [3.8, 4) is 5.88 Å². The van der Waals surface area contributed by atoms with Gasteiger partial charge in [0.15, 0.2) is 6.61 Å². The molecular weight excluding hydrogens is 315 g/mol. The number of hydrogen-bond acceptors (Lipinski definition) is 5. The first-order chi connectivity index (χ1) is 10.8. The van der Waals surface area contributed by atoms with Gasteiger partial charge in [-0.1, -0.05) is 6.07 Å². The maximum absolute atomic E-state index is 12.2. The van der Waals surface area contributed by atoms with Crippen molar-refractivity contribution in [1.82, 2.24) is 10.3 Å². The molecule has 0 atom stereocenters. The fourth-order valence-electron chi connectivity index (χ4n) is 2.15. The number of nitrogens with one attached hydrogen (secondary N) is 1. The predicted octanol–water partition coefficient (Wildman–Crippen LogP) is 1.15. The van der Waals surface area contributed by atoms with E-state index in [1.165, 1.54) is 12.3 Å². The molecule has 9 heteroatoms. The van der Waals surface area contributed by atoms with Crippen LogP contribution in [0.15, 0.2) is 18.3 Å². The van der Waals surface area contributed by atoms with E-state index in [4.69, 9.17) is 10.5 Å². The second-order valence-corrected chi connectivity index (χ2v) is 5.32. The molecule has 0 radical (unpaired) electrons. The highest BCUT2D eigenvalue weighted by Gasteiger charge is 2.35. The number of nitrogens with zero attached hydrogens (tertiary/aromatic N) is 1. The van der Waals surface area contributed by atoms with E-state index in [1.54, 1.807) is 6.07 Å². The van der Waals surface area contributed by atoms with Crippen molar-refractivity contribution in [2.75, 3.05) is 19.8 Å². The highest BCUT2D eigenvalue weighted by molar-refractivity contribution is 5.86. The first kappa shape index (κ1) is 17.5. The predicted molar refractivity (Wildman–Crippen MR) is 74.6 cm³/mol. The van der Waals surface area contributed by atoms with Gasteiger partial charge >= 0.3 is 6.18 Å². The van der Waals surface area contributed by atoms with Gasteiger partial charge in [0.25, 0.3) is 0 Å². The molecule has 128 valence electrons. The molecule has 0 unspecified atom stereocenters. The number of pyridine rings is 1. The minimum absolute atomic E-state index is 0.0142. The second kappa shape index (κ2) is 7.14. The third kappa shape index (κ3) is 5.07. The highest BCUT2D eigenvalue weighted by atomic mass is 19.4. The monoisotopic (exact) mass is 333 g/mol.